The van der Waals surface area contributed by atoms with Crippen LogP contribution in [0.3, 0.4) is 0 Å². The smallest absolute Gasteiger partial charge is 0.136 e. The summed E-state index contributed by atoms with van der Waals surface area (Å²) in [7, 11) is 0. The molecule has 0 amide bonds. The van der Waals surface area contributed by atoms with Gasteiger partial charge in [-0.1, -0.05) is 37.6 Å². The van der Waals surface area contributed by atoms with Crippen molar-refractivity contribution in [2.45, 2.75) is 26.2 Å². The molecule has 0 N–H and O–H groups in total. The van der Waals surface area contributed by atoms with Crippen LogP contribution in [0, 0.1) is 0 Å². The van der Waals surface area contributed by atoms with Crippen molar-refractivity contribution in [2.75, 3.05) is 11.4 Å². The first kappa shape index (κ1) is 11.3. The summed E-state index contributed by atoms with van der Waals surface area (Å²) >= 11 is 0. The van der Waals surface area contributed by atoms with E-state index in [1.165, 1.54) is 23.8 Å². The molecule has 18 heavy (non-hydrogen) atoms. The number of nitrogens with zero attached hydrogens (tertiary/aromatic N) is 2. The van der Waals surface area contributed by atoms with E-state index in [1.807, 2.05) is 0 Å². The maximum atomic E-state index is 4.82. The third kappa shape index (κ3) is 1.99. The maximum absolute atomic E-state index is 4.82. The molecule has 0 bridgehead atoms. The molecule has 92 valence electrons. The number of benzene rings is 1. The van der Waals surface area contributed by atoms with Crippen molar-refractivity contribution in [3.8, 4) is 0 Å². The molecule has 0 atom stereocenters. The van der Waals surface area contributed by atoms with E-state index in [1.54, 1.807) is 0 Å². The first-order chi connectivity index (χ1) is 8.88. The summed E-state index contributed by atoms with van der Waals surface area (Å²) in [5, 5.41) is 1.24. The number of hydrogen-bond acceptors (Lipinski definition) is 2. The van der Waals surface area contributed by atoms with Crippen LogP contribution in [-0.2, 0) is 6.42 Å². The second-order valence-electron chi connectivity index (χ2n) is 4.80. The van der Waals surface area contributed by atoms with Gasteiger partial charge in [0.25, 0.3) is 0 Å². The van der Waals surface area contributed by atoms with Crippen LogP contribution in [0.1, 0.15) is 25.3 Å². The fourth-order valence-corrected chi connectivity index (χ4v) is 2.43. The highest BCUT2D eigenvalue weighted by atomic mass is 15.2. The average Bonchev–Trinajstić information content (AvgIpc) is 2.43. The molecule has 3 rings (SSSR count). The van der Waals surface area contributed by atoms with E-state index in [-0.39, 0.29) is 0 Å². The topological polar surface area (TPSA) is 16.1 Å². The molecular formula is C16H18N2. The van der Waals surface area contributed by atoms with E-state index in [2.05, 4.69) is 54.4 Å². The molecule has 2 aromatic rings. The van der Waals surface area contributed by atoms with Crippen LogP contribution in [0.5, 0.6) is 0 Å². The van der Waals surface area contributed by atoms with Gasteiger partial charge in [0, 0.05) is 18.1 Å². The molecule has 0 aliphatic carbocycles. The minimum atomic E-state index is 0.996. The van der Waals surface area contributed by atoms with Crippen LogP contribution < -0.4 is 4.90 Å². The minimum Gasteiger partial charge on any atom is -0.333 e. The molecule has 0 radical (unpaired) electrons. The molecule has 0 saturated carbocycles. The molecule has 0 fully saturated rings. The van der Waals surface area contributed by atoms with Crippen LogP contribution in [0.4, 0.5) is 5.82 Å². The molecule has 1 aromatic heterocycles. The molecule has 1 aliphatic rings. The molecule has 1 aromatic carbocycles. The summed E-state index contributed by atoms with van der Waals surface area (Å²) in [5.41, 5.74) is 2.43. The Morgan fingerprint density at radius 2 is 2.17 bits per heavy atom. The third-order valence-corrected chi connectivity index (χ3v) is 3.43. The molecular weight excluding hydrogens is 220 g/mol. The first-order valence-electron chi connectivity index (χ1n) is 6.70. The second kappa shape index (κ2) is 4.81. The standard InChI is InChI=1S/C16H18N2/c1-2-3-10-18-11-6-8-14-12-13-7-4-5-9-15(13)17-16(14)18/h4-7,9,11-12H,2-3,8,10H2,1H3. The summed E-state index contributed by atoms with van der Waals surface area (Å²) in [6.45, 7) is 3.29. The monoisotopic (exact) mass is 238 g/mol. The van der Waals surface area contributed by atoms with Crippen molar-refractivity contribution in [1.29, 1.82) is 0 Å². The van der Waals surface area contributed by atoms with Gasteiger partial charge in [0.1, 0.15) is 5.82 Å². The van der Waals surface area contributed by atoms with Gasteiger partial charge in [-0.15, -0.1) is 0 Å². The van der Waals surface area contributed by atoms with Gasteiger partial charge in [0.15, 0.2) is 0 Å². The number of rotatable bonds is 3. The van der Waals surface area contributed by atoms with Crippen molar-refractivity contribution in [2.24, 2.45) is 0 Å². The summed E-state index contributed by atoms with van der Waals surface area (Å²) in [4.78, 5) is 7.11. The Balaban J connectivity index is 2.04. The number of hydrogen-bond donors (Lipinski definition) is 0. The summed E-state index contributed by atoms with van der Waals surface area (Å²) in [6.07, 6.45) is 7.83. The molecule has 2 heteroatoms. The zero-order valence-corrected chi connectivity index (χ0v) is 10.8. The Labute approximate surface area is 108 Å². The van der Waals surface area contributed by atoms with Gasteiger partial charge >= 0.3 is 0 Å². The summed E-state index contributed by atoms with van der Waals surface area (Å²) < 4.78 is 0. The Morgan fingerprint density at radius 3 is 3.06 bits per heavy atom. The fourth-order valence-electron chi connectivity index (χ4n) is 2.43. The SMILES string of the molecule is CCCCN1C=CCc2cc3ccccc3nc21. The molecule has 0 spiro atoms. The largest absolute Gasteiger partial charge is 0.333 e. The van der Waals surface area contributed by atoms with E-state index in [9.17, 15) is 0 Å². The van der Waals surface area contributed by atoms with E-state index >= 15 is 0 Å². The molecule has 0 unspecified atom stereocenters. The van der Waals surface area contributed by atoms with Crippen LogP contribution in [0.2, 0.25) is 0 Å². The predicted octanol–water partition coefficient (Wildman–Crippen LogP) is 3.91. The van der Waals surface area contributed by atoms with Gasteiger partial charge in [0.2, 0.25) is 0 Å². The Morgan fingerprint density at radius 1 is 1.28 bits per heavy atom. The predicted molar refractivity (Wildman–Crippen MR) is 76.8 cm³/mol. The lowest BCUT2D eigenvalue weighted by Crippen LogP contribution is -2.22. The Bertz CT molecular complexity index is 587. The van der Waals surface area contributed by atoms with Crippen molar-refractivity contribution in [1.82, 2.24) is 4.98 Å². The molecule has 1 aliphatic heterocycles. The van der Waals surface area contributed by atoms with E-state index in [4.69, 9.17) is 4.98 Å². The van der Waals surface area contributed by atoms with Crippen molar-refractivity contribution in [3.63, 3.8) is 0 Å². The van der Waals surface area contributed by atoms with Gasteiger partial charge in [-0.05, 0) is 30.5 Å². The van der Waals surface area contributed by atoms with Gasteiger partial charge in [-0.2, -0.15) is 0 Å². The lowest BCUT2D eigenvalue weighted by atomic mass is 10.1. The van der Waals surface area contributed by atoms with Crippen LogP contribution in [0.25, 0.3) is 10.9 Å². The highest BCUT2D eigenvalue weighted by Gasteiger charge is 2.14. The minimum absolute atomic E-state index is 0.996. The van der Waals surface area contributed by atoms with Crippen LogP contribution >= 0.6 is 0 Å². The number of fused-ring (bicyclic) bond motifs is 2. The van der Waals surface area contributed by atoms with Crippen molar-refractivity contribution in [3.05, 3.63) is 48.2 Å². The fraction of sp³-hybridized carbons (Fsp3) is 0.312. The highest BCUT2D eigenvalue weighted by molar-refractivity contribution is 5.82. The van der Waals surface area contributed by atoms with Gasteiger partial charge in [-0.25, -0.2) is 4.98 Å². The zero-order chi connectivity index (χ0) is 12.4. The molecule has 2 nitrogen and oxygen atoms in total. The summed E-state index contributed by atoms with van der Waals surface area (Å²) in [6, 6.07) is 10.6. The zero-order valence-electron chi connectivity index (χ0n) is 10.8. The number of pyridine rings is 1. The lowest BCUT2D eigenvalue weighted by Gasteiger charge is -2.25. The van der Waals surface area contributed by atoms with Gasteiger partial charge in [-0.3, -0.25) is 0 Å². The first-order valence-corrected chi connectivity index (χ1v) is 6.70. The number of anilines is 1. The average molecular weight is 238 g/mol. The van der Waals surface area contributed by atoms with Crippen LogP contribution in [-0.4, -0.2) is 11.5 Å². The Kier molecular flexibility index (Phi) is 3.01. The number of aromatic nitrogens is 1. The van der Waals surface area contributed by atoms with Crippen LogP contribution in [0.15, 0.2) is 42.6 Å². The van der Waals surface area contributed by atoms with Crippen molar-refractivity contribution < 1.29 is 0 Å². The highest BCUT2D eigenvalue weighted by Crippen LogP contribution is 2.27. The van der Waals surface area contributed by atoms with Crippen molar-refractivity contribution >= 4 is 16.7 Å². The number of unbranched alkanes of at least 4 members (excludes halogenated alkanes) is 1. The van der Waals surface area contributed by atoms with Gasteiger partial charge < -0.3 is 4.90 Å². The lowest BCUT2D eigenvalue weighted by molar-refractivity contribution is 0.769. The number of para-hydroxylation sites is 1. The Hall–Kier alpha value is -1.83. The normalized spacial score (nSPS) is 13.9. The van der Waals surface area contributed by atoms with E-state index in [0.29, 0.717) is 0 Å². The van der Waals surface area contributed by atoms with E-state index < -0.39 is 0 Å². The van der Waals surface area contributed by atoms with E-state index in [0.717, 1.165) is 24.3 Å². The summed E-state index contributed by atoms with van der Waals surface area (Å²) in [5.74, 6) is 1.14. The number of allylic oxidation sites excluding steroid dienone is 1. The maximum Gasteiger partial charge on any atom is 0.136 e. The quantitative estimate of drug-likeness (QED) is 0.806. The third-order valence-electron chi connectivity index (χ3n) is 3.43. The molecule has 0 saturated heterocycles. The van der Waals surface area contributed by atoms with Gasteiger partial charge in [0.05, 0.1) is 5.52 Å². The molecule has 2 heterocycles. The second-order valence-corrected chi connectivity index (χ2v) is 4.80.